The van der Waals surface area contributed by atoms with Crippen LogP contribution in [0.2, 0.25) is 5.02 Å². The van der Waals surface area contributed by atoms with E-state index < -0.39 is 10.0 Å². The minimum absolute atomic E-state index is 0.177. The van der Waals surface area contributed by atoms with Crippen molar-refractivity contribution in [2.75, 3.05) is 11.0 Å². The topological polar surface area (TPSA) is 75.3 Å². The summed E-state index contributed by atoms with van der Waals surface area (Å²) < 4.78 is 24.8. The molecule has 0 aromatic heterocycles. The Labute approximate surface area is 134 Å². The van der Waals surface area contributed by atoms with E-state index in [1.165, 1.54) is 18.2 Å². The smallest absolute Gasteiger partial charge is 0.251 e. The summed E-state index contributed by atoms with van der Waals surface area (Å²) in [6, 6.07) is 13.9. The molecule has 5 nitrogen and oxygen atoms in total. The highest BCUT2D eigenvalue weighted by Crippen LogP contribution is 2.23. The SMILES string of the molecule is CS(=O)(=O)Nc1cc(C(=O)NCc2ccccc2)ccc1Cl. The number of nitrogens with one attached hydrogen (secondary N) is 2. The van der Waals surface area contributed by atoms with Gasteiger partial charge in [0.15, 0.2) is 0 Å². The van der Waals surface area contributed by atoms with Crippen molar-refractivity contribution >= 4 is 33.2 Å². The quantitative estimate of drug-likeness (QED) is 0.880. The first-order valence-electron chi connectivity index (χ1n) is 6.44. The van der Waals surface area contributed by atoms with Crippen LogP contribution in [0.3, 0.4) is 0 Å². The lowest BCUT2D eigenvalue weighted by Gasteiger charge is -2.09. The maximum Gasteiger partial charge on any atom is 0.251 e. The van der Waals surface area contributed by atoms with Gasteiger partial charge in [-0.25, -0.2) is 8.42 Å². The Balaban J connectivity index is 2.11. The molecule has 7 heteroatoms. The average Bonchev–Trinajstić information content (AvgIpc) is 2.47. The lowest BCUT2D eigenvalue weighted by atomic mass is 10.1. The molecule has 0 spiro atoms. The molecule has 0 bridgehead atoms. The summed E-state index contributed by atoms with van der Waals surface area (Å²) in [4.78, 5) is 12.1. The van der Waals surface area contributed by atoms with Gasteiger partial charge in [-0.15, -0.1) is 0 Å². The Morgan fingerprint density at radius 3 is 2.45 bits per heavy atom. The van der Waals surface area contributed by atoms with Crippen LogP contribution in [-0.4, -0.2) is 20.6 Å². The molecule has 2 aromatic rings. The molecule has 0 heterocycles. The van der Waals surface area contributed by atoms with Gasteiger partial charge in [-0.3, -0.25) is 9.52 Å². The number of carbonyl (C=O) groups excluding carboxylic acids is 1. The summed E-state index contributed by atoms with van der Waals surface area (Å²) in [5, 5.41) is 2.99. The standard InChI is InChI=1S/C15H15ClN2O3S/c1-22(20,21)18-14-9-12(7-8-13(14)16)15(19)17-10-11-5-3-2-4-6-11/h2-9,18H,10H2,1H3,(H,17,19). The first-order chi connectivity index (χ1) is 10.3. The van der Waals surface area contributed by atoms with Crippen LogP contribution in [0.25, 0.3) is 0 Å². The van der Waals surface area contributed by atoms with Gasteiger partial charge >= 0.3 is 0 Å². The third-order valence-corrected chi connectivity index (χ3v) is 3.74. The minimum atomic E-state index is -3.46. The van der Waals surface area contributed by atoms with Crippen molar-refractivity contribution < 1.29 is 13.2 Å². The van der Waals surface area contributed by atoms with Crippen LogP contribution in [0.5, 0.6) is 0 Å². The van der Waals surface area contributed by atoms with E-state index in [1.807, 2.05) is 30.3 Å². The van der Waals surface area contributed by atoms with Crippen LogP contribution < -0.4 is 10.0 Å². The Morgan fingerprint density at radius 1 is 1.14 bits per heavy atom. The average molecular weight is 339 g/mol. The minimum Gasteiger partial charge on any atom is -0.348 e. The number of benzene rings is 2. The van der Waals surface area contributed by atoms with Crippen molar-refractivity contribution in [2.45, 2.75) is 6.54 Å². The zero-order chi connectivity index (χ0) is 16.2. The van der Waals surface area contributed by atoms with E-state index in [-0.39, 0.29) is 16.6 Å². The summed E-state index contributed by atoms with van der Waals surface area (Å²) in [6.07, 6.45) is 1.02. The van der Waals surface area contributed by atoms with Crippen molar-refractivity contribution in [1.82, 2.24) is 5.32 Å². The molecule has 0 atom stereocenters. The summed E-state index contributed by atoms with van der Waals surface area (Å²) in [6.45, 7) is 0.386. The molecular formula is C15H15ClN2O3S. The van der Waals surface area contributed by atoms with Crippen molar-refractivity contribution in [1.29, 1.82) is 0 Å². The van der Waals surface area contributed by atoms with Gasteiger partial charge in [0, 0.05) is 12.1 Å². The van der Waals surface area contributed by atoms with Crippen LogP contribution in [-0.2, 0) is 16.6 Å². The normalized spacial score (nSPS) is 11.0. The third-order valence-electron chi connectivity index (χ3n) is 2.82. The van der Waals surface area contributed by atoms with E-state index in [0.717, 1.165) is 11.8 Å². The molecule has 0 saturated heterocycles. The number of halogens is 1. The Bertz CT molecular complexity index is 777. The highest BCUT2D eigenvalue weighted by atomic mass is 35.5. The largest absolute Gasteiger partial charge is 0.348 e. The molecule has 1 amide bonds. The van der Waals surface area contributed by atoms with Crippen molar-refractivity contribution in [3.05, 3.63) is 64.7 Å². The van der Waals surface area contributed by atoms with E-state index in [0.29, 0.717) is 12.1 Å². The second kappa shape index (κ2) is 6.81. The highest BCUT2D eigenvalue weighted by molar-refractivity contribution is 7.92. The van der Waals surface area contributed by atoms with E-state index in [2.05, 4.69) is 10.0 Å². The third kappa shape index (κ3) is 4.75. The van der Waals surface area contributed by atoms with Gasteiger partial charge in [-0.1, -0.05) is 41.9 Å². The highest BCUT2D eigenvalue weighted by Gasteiger charge is 2.11. The fraction of sp³-hybridized carbons (Fsp3) is 0.133. The molecule has 2 N–H and O–H groups in total. The first-order valence-corrected chi connectivity index (χ1v) is 8.71. The summed E-state index contributed by atoms with van der Waals surface area (Å²) >= 11 is 5.92. The van der Waals surface area contributed by atoms with Gasteiger partial charge in [-0.2, -0.15) is 0 Å². The van der Waals surface area contributed by atoms with Crippen LogP contribution in [0.4, 0.5) is 5.69 Å². The fourth-order valence-electron chi connectivity index (χ4n) is 1.82. The number of anilines is 1. The number of sulfonamides is 1. The Hall–Kier alpha value is -2.05. The molecular weight excluding hydrogens is 324 g/mol. The zero-order valence-electron chi connectivity index (χ0n) is 11.8. The number of amides is 1. The fourth-order valence-corrected chi connectivity index (χ4v) is 2.61. The summed E-state index contributed by atoms with van der Waals surface area (Å²) in [7, 11) is -3.46. The van der Waals surface area contributed by atoms with E-state index in [4.69, 9.17) is 11.6 Å². The molecule has 0 fully saturated rings. The van der Waals surface area contributed by atoms with Crippen molar-refractivity contribution in [3.8, 4) is 0 Å². The zero-order valence-corrected chi connectivity index (χ0v) is 13.4. The molecule has 0 unspecified atom stereocenters. The number of hydrogen-bond acceptors (Lipinski definition) is 3. The Morgan fingerprint density at radius 2 is 1.82 bits per heavy atom. The van der Waals surface area contributed by atoms with Gasteiger partial charge < -0.3 is 5.32 Å². The predicted molar refractivity (Wildman–Crippen MR) is 87.5 cm³/mol. The van der Waals surface area contributed by atoms with E-state index >= 15 is 0 Å². The van der Waals surface area contributed by atoms with Gasteiger partial charge in [0.05, 0.1) is 17.0 Å². The second-order valence-corrected chi connectivity index (χ2v) is 6.89. The molecule has 2 aromatic carbocycles. The molecule has 0 radical (unpaired) electrons. The van der Waals surface area contributed by atoms with Crippen molar-refractivity contribution in [2.24, 2.45) is 0 Å². The maximum absolute atomic E-state index is 12.1. The van der Waals surface area contributed by atoms with Gasteiger partial charge in [0.1, 0.15) is 0 Å². The second-order valence-electron chi connectivity index (χ2n) is 4.74. The monoisotopic (exact) mass is 338 g/mol. The van der Waals surface area contributed by atoms with Gasteiger partial charge in [0.2, 0.25) is 10.0 Å². The maximum atomic E-state index is 12.1. The molecule has 0 aliphatic carbocycles. The van der Waals surface area contributed by atoms with Crippen molar-refractivity contribution in [3.63, 3.8) is 0 Å². The van der Waals surface area contributed by atoms with Crippen LogP contribution in [0.1, 0.15) is 15.9 Å². The van der Waals surface area contributed by atoms with Crippen LogP contribution in [0.15, 0.2) is 48.5 Å². The number of carbonyl (C=O) groups is 1. The Kier molecular flexibility index (Phi) is 5.05. The van der Waals surface area contributed by atoms with Gasteiger partial charge in [-0.05, 0) is 23.8 Å². The molecule has 0 saturated carbocycles. The van der Waals surface area contributed by atoms with E-state index in [1.54, 1.807) is 0 Å². The van der Waals surface area contributed by atoms with E-state index in [9.17, 15) is 13.2 Å². The lowest BCUT2D eigenvalue weighted by molar-refractivity contribution is 0.0951. The number of hydrogen-bond donors (Lipinski definition) is 2. The molecule has 0 aliphatic heterocycles. The molecule has 2 rings (SSSR count). The summed E-state index contributed by atoms with van der Waals surface area (Å²) in [5.74, 6) is -0.308. The predicted octanol–water partition coefficient (Wildman–Crippen LogP) is 2.64. The molecule has 22 heavy (non-hydrogen) atoms. The molecule has 0 aliphatic rings. The molecule has 116 valence electrons. The first kappa shape index (κ1) is 16.3. The van der Waals surface area contributed by atoms with Crippen LogP contribution in [0, 0.1) is 0 Å². The number of rotatable bonds is 5. The summed E-state index contributed by atoms with van der Waals surface area (Å²) in [5.41, 5.74) is 1.47. The van der Waals surface area contributed by atoms with Crippen LogP contribution >= 0.6 is 11.6 Å². The lowest BCUT2D eigenvalue weighted by Crippen LogP contribution is -2.23. The van der Waals surface area contributed by atoms with Gasteiger partial charge in [0.25, 0.3) is 5.91 Å².